The standard InChI is InChI=1S/C21H13BrCl2N4/c22-12-3-1-11(2-4-12)21(15-7-25-17-9-27-19(23)5-13(15)17)16-8-26-18-10-28-20(24)6-14(16)18/h1-10,21,25-26H. The van der Waals surface area contributed by atoms with E-state index in [1.54, 1.807) is 12.4 Å². The first kappa shape index (κ1) is 17.7. The Bertz CT molecular complexity index is 1230. The SMILES string of the molecule is Clc1cc2c(C(c3ccc(Br)cc3)c3c[nH]c4cnc(Cl)cc34)c[nH]c2cn1. The zero-order valence-corrected chi connectivity index (χ0v) is 17.5. The van der Waals surface area contributed by atoms with Gasteiger partial charge in [-0.05, 0) is 41.0 Å². The van der Waals surface area contributed by atoms with Gasteiger partial charge in [0.2, 0.25) is 0 Å². The van der Waals surface area contributed by atoms with Crippen molar-refractivity contribution in [1.29, 1.82) is 0 Å². The maximum atomic E-state index is 6.20. The molecule has 4 nitrogen and oxygen atoms in total. The number of rotatable bonds is 3. The van der Waals surface area contributed by atoms with Crippen LogP contribution in [-0.4, -0.2) is 19.9 Å². The van der Waals surface area contributed by atoms with E-state index in [9.17, 15) is 0 Å². The highest BCUT2D eigenvalue weighted by molar-refractivity contribution is 9.10. The third-order valence-corrected chi connectivity index (χ3v) is 5.90. The fraction of sp³-hybridized carbons (Fsp3) is 0.0476. The molecular weight excluding hydrogens is 459 g/mol. The molecule has 0 aliphatic carbocycles. The van der Waals surface area contributed by atoms with Crippen molar-refractivity contribution in [1.82, 2.24) is 19.9 Å². The second-order valence-electron chi connectivity index (χ2n) is 6.58. The van der Waals surface area contributed by atoms with Gasteiger partial charge in [-0.1, -0.05) is 51.3 Å². The average Bonchev–Trinajstić information content (AvgIpc) is 3.28. The van der Waals surface area contributed by atoms with Gasteiger partial charge >= 0.3 is 0 Å². The zero-order valence-electron chi connectivity index (χ0n) is 14.4. The summed E-state index contributed by atoms with van der Waals surface area (Å²) >= 11 is 15.9. The van der Waals surface area contributed by atoms with Gasteiger partial charge in [-0.15, -0.1) is 0 Å². The molecule has 5 rings (SSSR count). The molecule has 4 heterocycles. The summed E-state index contributed by atoms with van der Waals surface area (Å²) in [6.07, 6.45) is 7.57. The molecule has 2 N–H and O–H groups in total. The first-order valence-corrected chi connectivity index (χ1v) is 10.2. The van der Waals surface area contributed by atoms with Gasteiger partial charge in [-0.25, -0.2) is 9.97 Å². The van der Waals surface area contributed by atoms with Gasteiger partial charge in [0.1, 0.15) is 10.3 Å². The maximum absolute atomic E-state index is 6.20. The molecule has 0 radical (unpaired) electrons. The van der Waals surface area contributed by atoms with Crippen LogP contribution in [0.2, 0.25) is 10.3 Å². The summed E-state index contributed by atoms with van der Waals surface area (Å²) in [4.78, 5) is 15.0. The van der Waals surface area contributed by atoms with Crippen molar-refractivity contribution >= 4 is 60.9 Å². The molecule has 0 amide bonds. The van der Waals surface area contributed by atoms with Crippen LogP contribution in [0.1, 0.15) is 22.6 Å². The van der Waals surface area contributed by atoms with E-state index in [1.807, 2.05) is 24.5 Å². The smallest absolute Gasteiger partial charge is 0.129 e. The number of nitrogens with zero attached hydrogens (tertiary/aromatic N) is 2. The zero-order chi connectivity index (χ0) is 19.3. The summed E-state index contributed by atoms with van der Waals surface area (Å²) in [5.41, 5.74) is 5.29. The Hall–Kier alpha value is -2.34. The number of nitrogens with one attached hydrogen (secondary N) is 2. The van der Waals surface area contributed by atoms with Gasteiger partial charge in [-0.3, -0.25) is 0 Å². The van der Waals surface area contributed by atoms with Crippen molar-refractivity contribution < 1.29 is 0 Å². The summed E-state index contributed by atoms with van der Waals surface area (Å²) in [6, 6.07) is 12.1. The Morgan fingerprint density at radius 2 is 1.29 bits per heavy atom. The van der Waals surface area contributed by atoms with E-state index in [0.717, 1.165) is 43.0 Å². The Morgan fingerprint density at radius 1 is 0.786 bits per heavy atom. The first-order valence-electron chi connectivity index (χ1n) is 8.60. The molecule has 28 heavy (non-hydrogen) atoms. The van der Waals surface area contributed by atoms with Gasteiger partial charge in [0.25, 0.3) is 0 Å². The fourth-order valence-electron chi connectivity index (χ4n) is 3.69. The molecule has 0 spiro atoms. The maximum Gasteiger partial charge on any atom is 0.129 e. The Balaban J connectivity index is 1.81. The van der Waals surface area contributed by atoms with Crippen LogP contribution < -0.4 is 0 Å². The topological polar surface area (TPSA) is 57.4 Å². The molecule has 0 aliphatic rings. The monoisotopic (exact) mass is 470 g/mol. The molecule has 0 saturated heterocycles. The van der Waals surface area contributed by atoms with Crippen molar-refractivity contribution in [2.45, 2.75) is 5.92 Å². The number of fused-ring (bicyclic) bond motifs is 2. The van der Waals surface area contributed by atoms with E-state index >= 15 is 0 Å². The normalized spacial score (nSPS) is 11.7. The van der Waals surface area contributed by atoms with E-state index in [2.05, 4.69) is 60.1 Å². The van der Waals surface area contributed by atoms with Crippen molar-refractivity contribution in [2.75, 3.05) is 0 Å². The van der Waals surface area contributed by atoms with Crippen molar-refractivity contribution in [3.05, 3.63) is 92.7 Å². The summed E-state index contributed by atoms with van der Waals surface area (Å²) in [6.45, 7) is 0. The molecule has 0 atom stereocenters. The molecular formula is C21H13BrCl2N4. The Kier molecular flexibility index (Phi) is 4.38. The molecule has 5 aromatic rings. The predicted octanol–water partition coefficient (Wildman–Crippen LogP) is 6.69. The predicted molar refractivity (Wildman–Crippen MR) is 117 cm³/mol. The Labute approximate surface area is 179 Å². The number of aromatic amines is 2. The Morgan fingerprint density at radius 3 is 1.79 bits per heavy atom. The van der Waals surface area contributed by atoms with Crippen LogP contribution in [0, 0.1) is 0 Å². The van der Waals surface area contributed by atoms with Crippen molar-refractivity contribution in [3.8, 4) is 0 Å². The molecule has 7 heteroatoms. The van der Waals surface area contributed by atoms with Crippen LogP contribution in [0.4, 0.5) is 0 Å². The fourth-order valence-corrected chi connectivity index (χ4v) is 4.27. The van der Waals surface area contributed by atoms with Crippen molar-refractivity contribution in [3.63, 3.8) is 0 Å². The summed E-state index contributed by atoms with van der Waals surface area (Å²) < 4.78 is 1.03. The highest BCUT2D eigenvalue weighted by atomic mass is 79.9. The van der Waals surface area contributed by atoms with E-state index in [1.165, 1.54) is 0 Å². The van der Waals surface area contributed by atoms with Gasteiger partial charge in [0, 0.05) is 33.6 Å². The number of pyridine rings is 2. The van der Waals surface area contributed by atoms with E-state index < -0.39 is 0 Å². The summed E-state index contributed by atoms with van der Waals surface area (Å²) in [5, 5.41) is 3.02. The molecule has 0 fully saturated rings. The average molecular weight is 472 g/mol. The lowest BCUT2D eigenvalue weighted by molar-refractivity contribution is 0.997. The highest BCUT2D eigenvalue weighted by Crippen LogP contribution is 2.40. The molecule has 0 unspecified atom stereocenters. The number of aromatic nitrogens is 4. The number of H-pyrrole nitrogens is 2. The minimum absolute atomic E-state index is 0.0208. The van der Waals surface area contributed by atoms with E-state index in [0.29, 0.717) is 10.3 Å². The van der Waals surface area contributed by atoms with E-state index in [4.69, 9.17) is 23.2 Å². The quantitative estimate of drug-likeness (QED) is 0.288. The largest absolute Gasteiger partial charge is 0.360 e. The third kappa shape index (κ3) is 3.00. The van der Waals surface area contributed by atoms with Crippen LogP contribution in [0.3, 0.4) is 0 Å². The van der Waals surface area contributed by atoms with Gasteiger partial charge in [0.15, 0.2) is 0 Å². The highest BCUT2D eigenvalue weighted by Gasteiger charge is 2.23. The second-order valence-corrected chi connectivity index (χ2v) is 8.27. The van der Waals surface area contributed by atoms with Crippen LogP contribution in [0.5, 0.6) is 0 Å². The van der Waals surface area contributed by atoms with Crippen LogP contribution in [-0.2, 0) is 0 Å². The molecule has 0 aliphatic heterocycles. The minimum Gasteiger partial charge on any atom is -0.360 e. The number of benzene rings is 1. The molecule has 1 aromatic carbocycles. The first-order chi connectivity index (χ1) is 13.6. The summed E-state index contributed by atoms with van der Waals surface area (Å²) in [7, 11) is 0. The molecule has 0 saturated carbocycles. The lowest BCUT2D eigenvalue weighted by Gasteiger charge is -2.17. The number of halogens is 3. The van der Waals surface area contributed by atoms with Crippen molar-refractivity contribution in [2.24, 2.45) is 0 Å². The summed E-state index contributed by atoms with van der Waals surface area (Å²) in [5.74, 6) is -0.0208. The molecule has 0 bridgehead atoms. The third-order valence-electron chi connectivity index (χ3n) is 4.95. The van der Waals surface area contributed by atoms with Gasteiger partial charge < -0.3 is 9.97 Å². The minimum atomic E-state index is -0.0208. The van der Waals surface area contributed by atoms with Crippen LogP contribution in [0.25, 0.3) is 21.8 Å². The molecule has 4 aromatic heterocycles. The van der Waals surface area contributed by atoms with Gasteiger partial charge in [-0.2, -0.15) is 0 Å². The van der Waals surface area contributed by atoms with Gasteiger partial charge in [0.05, 0.1) is 23.4 Å². The van der Waals surface area contributed by atoms with Crippen LogP contribution in [0.15, 0.2) is 65.7 Å². The van der Waals surface area contributed by atoms with E-state index in [-0.39, 0.29) is 5.92 Å². The van der Waals surface area contributed by atoms with Crippen LogP contribution >= 0.6 is 39.1 Å². The lowest BCUT2D eigenvalue weighted by Crippen LogP contribution is -2.02. The lowest BCUT2D eigenvalue weighted by atomic mass is 9.85. The second kappa shape index (κ2) is 6.92. The molecule has 138 valence electrons. The number of hydrogen-bond donors (Lipinski definition) is 2. The number of hydrogen-bond acceptors (Lipinski definition) is 2.